The van der Waals surface area contributed by atoms with E-state index in [1.54, 1.807) is 6.92 Å². The predicted octanol–water partition coefficient (Wildman–Crippen LogP) is 0.311. The maximum absolute atomic E-state index is 11.2. The SMILES string of the molecule is CC(=O)N1CC[C@H]2[C@@H]1CCN2C. The first-order valence-corrected chi connectivity index (χ1v) is 4.67. The molecule has 0 bridgehead atoms. The van der Waals surface area contributed by atoms with Crippen molar-refractivity contribution >= 4 is 5.91 Å². The fraction of sp³-hybridized carbons (Fsp3) is 0.889. The van der Waals surface area contributed by atoms with E-state index < -0.39 is 0 Å². The van der Waals surface area contributed by atoms with Crippen LogP contribution < -0.4 is 0 Å². The number of carbonyl (C=O) groups excluding carboxylic acids is 1. The first-order chi connectivity index (χ1) is 5.70. The summed E-state index contributed by atoms with van der Waals surface area (Å²) in [6, 6.07) is 1.17. The Bertz CT molecular complexity index is 205. The molecule has 0 aromatic rings. The minimum atomic E-state index is 0.248. The number of fused-ring (bicyclic) bond motifs is 1. The standard InChI is InChI=1S/C9H16N2O/c1-7(12)11-6-4-8-9(11)3-5-10(8)2/h8-9H,3-6H2,1-2H3/t8-,9-/m0/s1. The number of amides is 1. The molecule has 0 radical (unpaired) electrons. The van der Waals surface area contributed by atoms with Gasteiger partial charge in [-0.3, -0.25) is 4.79 Å². The van der Waals surface area contributed by atoms with E-state index in [4.69, 9.17) is 0 Å². The van der Waals surface area contributed by atoms with Gasteiger partial charge in [0.2, 0.25) is 5.91 Å². The van der Waals surface area contributed by atoms with Crippen molar-refractivity contribution in [2.24, 2.45) is 0 Å². The highest BCUT2D eigenvalue weighted by atomic mass is 16.2. The lowest BCUT2D eigenvalue weighted by atomic mass is 10.1. The molecule has 0 spiro atoms. The fourth-order valence-corrected chi connectivity index (χ4v) is 2.59. The summed E-state index contributed by atoms with van der Waals surface area (Å²) in [6.07, 6.45) is 2.33. The van der Waals surface area contributed by atoms with E-state index in [0.717, 1.165) is 13.1 Å². The fourth-order valence-electron chi connectivity index (χ4n) is 2.59. The number of rotatable bonds is 0. The lowest BCUT2D eigenvalue weighted by molar-refractivity contribution is -0.129. The van der Waals surface area contributed by atoms with Gasteiger partial charge in [-0.25, -0.2) is 0 Å². The van der Waals surface area contributed by atoms with Crippen LogP contribution in [0.5, 0.6) is 0 Å². The number of hydrogen-bond donors (Lipinski definition) is 0. The third kappa shape index (κ3) is 1.04. The van der Waals surface area contributed by atoms with E-state index in [0.29, 0.717) is 12.1 Å². The highest BCUT2D eigenvalue weighted by Crippen LogP contribution is 2.29. The van der Waals surface area contributed by atoms with Gasteiger partial charge in [0.25, 0.3) is 0 Å². The summed E-state index contributed by atoms with van der Waals surface area (Å²) in [5.41, 5.74) is 0. The van der Waals surface area contributed by atoms with E-state index in [-0.39, 0.29) is 5.91 Å². The van der Waals surface area contributed by atoms with E-state index in [1.165, 1.54) is 12.8 Å². The highest BCUT2D eigenvalue weighted by molar-refractivity contribution is 5.74. The van der Waals surface area contributed by atoms with E-state index in [9.17, 15) is 4.79 Å². The van der Waals surface area contributed by atoms with Crippen molar-refractivity contribution in [3.05, 3.63) is 0 Å². The number of likely N-dealkylation sites (N-methyl/N-ethyl adjacent to an activating group) is 1. The van der Waals surface area contributed by atoms with Crippen LogP contribution in [-0.4, -0.2) is 47.9 Å². The van der Waals surface area contributed by atoms with Crippen LogP contribution in [0.2, 0.25) is 0 Å². The zero-order valence-corrected chi connectivity index (χ0v) is 7.79. The maximum atomic E-state index is 11.2. The molecule has 0 N–H and O–H groups in total. The van der Waals surface area contributed by atoms with E-state index >= 15 is 0 Å². The first-order valence-electron chi connectivity index (χ1n) is 4.67. The van der Waals surface area contributed by atoms with Crippen molar-refractivity contribution < 1.29 is 4.79 Å². The van der Waals surface area contributed by atoms with Crippen LogP contribution >= 0.6 is 0 Å². The quantitative estimate of drug-likeness (QED) is 0.520. The van der Waals surface area contributed by atoms with Crippen molar-refractivity contribution in [3.63, 3.8) is 0 Å². The lowest BCUT2D eigenvalue weighted by Gasteiger charge is -2.22. The average Bonchev–Trinajstić information content (AvgIpc) is 2.53. The molecule has 0 aromatic heterocycles. The molecule has 2 atom stereocenters. The molecule has 3 heteroatoms. The Hall–Kier alpha value is -0.570. The minimum Gasteiger partial charge on any atom is -0.338 e. The number of nitrogens with zero attached hydrogens (tertiary/aromatic N) is 2. The Labute approximate surface area is 73.3 Å². The van der Waals surface area contributed by atoms with Crippen LogP contribution in [0.1, 0.15) is 19.8 Å². The molecule has 2 rings (SSSR count). The van der Waals surface area contributed by atoms with Crippen molar-refractivity contribution in [2.75, 3.05) is 20.1 Å². The minimum absolute atomic E-state index is 0.248. The van der Waals surface area contributed by atoms with Crippen LogP contribution in [0.25, 0.3) is 0 Å². The Morgan fingerprint density at radius 3 is 2.58 bits per heavy atom. The Morgan fingerprint density at radius 1 is 1.25 bits per heavy atom. The predicted molar refractivity (Wildman–Crippen MR) is 46.8 cm³/mol. The smallest absolute Gasteiger partial charge is 0.219 e. The van der Waals surface area contributed by atoms with Crippen molar-refractivity contribution in [3.8, 4) is 0 Å². The van der Waals surface area contributed by atoms with Gasteiger partial charge in [-0.1, -0.05) is 0 Å². The second-order valence-electron chi connectivity index (χ2n) is 3.91. The van der Waals surface area contributed by atoms with E-state index in [1.807, 2.05) is 4.90 Å². The summed E-state index contributed by atoms with van der Waals surface area (Å²) >= 11 is 0. The number of hydrogen-bond acceptors (Lipinski definition) is 2. The molecular weight excluding hydrogens is 152 g/mol. The molecule has 12 heavy (non-hydrogen) atoms. The third-order valence-electron chi connectivity index (χ3n) is 3.26. The van der Waals surface area contributed by atoms with Gasteiger partial charge >= 0.3 is 0 Å². The normalized spacial score (nSPS) is 35.7. The van der Waals surface area contributed by atoms with Gasteiger partial charge in [0.05, 0.1) is 0 Å². The largest absolute Gasteiger partial charge is 0.338 e. The van der Waals surface area contributed by atoms with Crippen LogP contribution in [0.3, 0.4) is 0 Å². The van der Waals surface area contributed by atoms with Crippen LogP contribution in [0.15, 0.2) is 0 Å². The molecule has 2 aliphatic rings. The molecule has 0 aliphatic carbocycles. The second kappa shape index (κ2) is 2.73. The van der Waals surface area contributed by atoms with Gasteiger partial charge in [0.15, 0.2) is 0 Å². The summed E-state index contributed by atoms with van der Waals surface area (Å²) in [4.78, 5) is 15.6. The Balaban J connectivity index is 2.10. The van der Waals surface area contributed by atoms with Gasteiger partial charge < -0.3 is 9.80 Å². The summed E-state index contributed by atoms with van der Waals surface area (Å²) in [7, 11) is 2.16. The molecule has 2 heterocycles. The monoisotopic (exact) mass is 168 g/mol. The van der Waals surface area contributed by atoms with Crippen molar-refractivity contribution in [1.29, 1.82) is 0 Å². The lowest BCUT2D eigenvalue weighted by Crippen LogP contribution is -2.37. The summed E-state index contributed by atoms with van der Waals surface area (Å²) in [5, 5.41) is 0. The molecular formula is C9H16N2O. The Kier molecular flexibility index (Phi) is 1.83. The molecule has 3 nitrogen and oxygen atoms in total. The number of likely N-dealkylation sites (tertiary alicyclic amines) is 2. The summed E-state index contributed by atoms with van der Waals surface area (Å²) < 4.78 is 0. The van der Waals surface area contributed by atoms with Gasteiger partial charge in [-0.2, -0.15) is 0 Å². The second-order valence-corrected chi connectivity index (χ2v) is 3.91. The highest BCUT2D eigenvalue weighted by Gasteiger charge is 2.41. The zero-order valence-electron chi connectivity index (χ0n) is 7.79. The van der Waals surface area contributed by atoms with Crippen molar-refractivity contribution in [1.82, 2.24) is 9.80 Å². The van der Waals surface area contributed by atoms with Gasteiger partial charge in [0.1, 0.15) is 0 Å². The topological polar surface area (TPSA) is 23.6 Å². The molecule has 68 valence electrons. The van der Waals surface area contributed by atoms with Gasteiger partial charge in [0, 0.05) is 32.1 Å². The first kappa shape index (κ1) is 8.05. The molecule has 2 fully saturated rings. The summed E-state index contributed by atoms with van der Waals surface area (Å²) in [5.74, 6) is 0.248. The molecule has 0 saturated carbocycles. The van der Waals surface area contributed by atoms with Crippen LogP contribution in [0, 0.1) is 0 Å². The molecule has 2 saturated heterocycles. The Morgan fingerprint density at radius 2 is 1.92 bits per heavy atom. The van der Waals surface area contributed by atoms with Gasteiger partial charge in [-0.05, 0) is 19.9 Å². The summed E-state index contributed by atoms with van der Waals surface area (Å²) in [6.45, 7) is 3.80. The third-order valence-corrected chi connectivity index (χ3v) is 3.26. The molecule has 1 amide bonds. The molecule has 0 aromatic carbocycles. The van der Waals surface area contributed by atoms with Crippen LogP contribution in [0.4, 0.5) is 0 Å². The van der Waals surface area contributed by atoms with E-state index in [2.05, 4.69) is 11.9 Å². The average molecular weight is 168 g/mol. The van der Waals surface area contributed by atoms with Crippen LogP contribution in [-0.2, 0) is 4.79 Å². The van der Waals surface area contributed by atoms with Gasteiger partial charge in [-0.15, -0.1) is 0 Å². The molecule has 2 aliphatic heterocycles. The number of carbonyl (C=O) groups is 1. The maximum Gasteiger partial charge on any atom is 0.219 e. The van der Waals surface area contributed by atoms with Crippen molar-refractivity contribution in [2.45, 2.75) is 31.8 Å². The zero-order chi connectivity index (χ0) is 8.72. The molecule has 0 unspecified atom stereocenters.